The number of unbranched alkanes of at least 4 members (excludes halogenated alkanes) is 2. The van der Waals surface area contributed by atoms with E-state index in [1.165, 1.54) is 58.4 Å². The number of benzene rings is 4. The predicted octanol–water partition coefficient (Wildman–Crippen LogP) is 10.7. The zero-order chi connectivity index (χ0) is 26.6. The van der Waals surface area contributed by atoms with Gasteiger partial charge in [0.1, 0.15) is 0 Å². The zero-order valence-corrected chi connectivity index (χ0v) is 23.1. The van der Waals surface area contributed by atoms with E-state index < -0.39 is 0 Å². The molecule has 4 rings (SSSR count). The maximum absolute atomic E-state index is 12.8. The highest BCUT2D eigenvalue weighted by molar-refractivity contribution is 5.99. The standard InChI is InChI=1S/C37H42O/c1-3-5-15-29(36-27-13-21-31-17-7-9-25-34(31)36)19-11-23-33(38)24-12-20-30(16-6-4-2)37-28-14-22-32-18-8-10-26-35(32)37/h7-14,17-18,21-30H,3-6,15-16,19-20H2,1-2H3. The summed E-state index contributed by atoms with van der Waals surface area (Å²) in [6.45, 7) is 4.49. The molecule has 2 unspecified atom stereocenters. The highest BCUT2D eigenvalue weighted by Crippen LogP contribution is 2.33. The molecule has 0 spiro atoms. The van der Waals surface area contributed by atoms with Crippen molar-refractivity contribution in [3.63, 3.8) is 0 Å². The van der Waals surface area contributed by atoms with Gasteiger partial charge in [0.2, 0.25) is 0 Å². The van der Waals surface area contributed by atoms with Gasteiger partial charge in [-0.15, -0.1) is 0 Å². The second kappa shape index (κ2) is 14.5. The molecule has 0 aromatic heterocycles. The first-order chi connectivity index (χ1) is 18.7. The van der Waals surface area contributed by atoms with Crippen LogP contribution in [0, 0.1) is 0 Å². The smallest absolute Gasteiger partial charge is 0.178 e. The van der Waals surface area contributed by atoms with Crippen LogP contribution in [-0.4, -0.2) is 5.78 Å². The van der Waals surface area contributed by atoms with Crippen LogP contribution in [-0.2, 0) is 4.79 Å². The van der Waals surface area contributed by atoms with Crippen LogP contribution in [0.1, 0.15) is 88.2 Å². The minimum Gasteiger partial charge on any atom is -0.290 e. The van der Waals surface area contributed by atoms with E-state index in [1.54, 1.807) is 12.2 Å². The molecule has 0 aliphatic rings. The van der Waals surface area contributed by atoms with Gasteiger partial charge in [-0.05, 0) is 82.3 Å². The van der Waals surface area contributed by atoms with Crippen molar-refractivity contribution in [1.82, 2.24) is 0 Å². The fourth-order valence-corrected chi connectivity index (χ4v) is 5.67. The van der Waals surface area contributed by atoms with Crippen molar-refractivity contribution in [3.05, 3.63) is 120 Å². The molecule has 196 valence electrons. The summed E-state index contributed by atoms with van der Waals surface area (Å²) < 4.78 is 0. The van der Waals surface area contributed by atoms with Gasteiger partial charge in [0.15, 0.2) is 5.78 Å². The van der Waals surface area contributed by atoms with E-state index in [2.05, 4.69) is 111 Å². The first kappa shape index (κ1) is 27.6. The molecule has 0 fully saturated rings. The van der Waals surface area contributed by atoms with Crippen molar-refractivity contribution >= 4 is 27.3 Å². The van der Waals surface area contributed by atoms with E-state index in [4.69, 9.17) is 0 Å². The third-order valence-electron chi connectivity index (χ3n) is 7.74. The predicted molar refractivity (Wildman–Crippen MR) is 165 cm³/mol. The Labute approximate surface area is 229 Å². The van der Waals surface area contributed by atoms with E-state index >= 15 is 0 Å². The number of carbonyl (C=O) groups excluding carboxylic acids is 1. The van der Waals surface area contributed by atoms with Gasteiger partial charge in [-0.25, -0.2) is 0 Å². The molecule has 0 amide bonds. The van der Waals surface area contributed by atoms with Gasteiger partial charge >= 0.3 is 0 Å². The Hall–Kier alpha value is -3.45. The molecule has 0 saturated carbocycles. The summed E-state index contributed by atoms with van der Waals surface area (Å²) >= 11 is 0. The number of carbonyl (C=O) groups is 1. The summed E-state index contributed by atoms with van der Waals surface area (Å²) in [6.07, 6.45) is 16.6. The molecule has 2 atom stereocenters. The second-order valence-electron chi connectivity index (χ2n) is 10.5. The SMILES string of the molecule is CCCCC(CC=CC(=O)C=CCC(CCCC)c1cccc2ccccc12)c1cccc2ccccc12. The largest absolute Gasteiger partial charge is 0.290 e. The van der Waals surface area contributed by atoms with Crippen molar-refractivity contribution in [3.8, 4) is 0 Å². The van der Waals surface area contributed by atoms with E-state index in [0.29, 0.717) is 11.8 Å². The maximum Gasteiger partial charge on any atom is 0.178 e. The van der Waals surface area contributed by atoms with Crippen LogP contribution < -0.4 is 0 Å². The summed E-state index contributed by atoms with van der Waals surface area (Å²) in [5, 5.41) is 5.25. The fourth-order valence-electron chi connectivity index (χ4n) is 5.67. The molecular weight excluding hydrogens is 460 g/mol. The third kappa shape index (κ3) is 7.32. The lowest BCUT2D eigenvalue weighted by atomic mass is 9.87. The lowest BCUT2D eigenvalue weighted by Gasteiger charge is -2.18. The van der Waals surface area contributed by atoms with Crippen LogP contribution in [0.25, 0.3) is 21.5 Å². The second-order valence-corrected chi connectivity index (χ2v) is 10.5. The fraction of sp³-hybridized carbons (Fsp3) is 0.324. The lowest BCUT2D eigenvalue weighted by molar-refractivity contribution is -0.110. The Bertz CT molecular complexity index is 1260. The minimum atomic E-state index is 0.0873. The van der Waals surface area contributed by atoms with E-state index in [0.717, 1.165) is 25.7 Å². The van der Waals surface area contributed by atoms with Crippen molar-refractivity contribution in [2.45, 2.75) is 77.0 Å². The average molecular weight is 503 g/mol. The molecule has 0 aliphatic carbocycles. The Morgan fingerprint density at radius 2 is 1.03 bits per heavy atom. The van der Waals surface area contributed by atoms with Gasteiger partial charge < -0.3 is 0 Å². The zero-order valence-electron chi connectivity index (χ0n) is 23.1. The average Bonchev–Trinajstić information content (AvgIpc) is 2.96. The molecule has 38 heavy (non-hydrogen) atoms. The number of hydrogen-bond donors (Lipinski definition) is 0. The van der Waals surface area contributed by atoms with Crippen molar-refractivity contribution in [2.75, 3.05) is 0 Å². The Balaban J connectivity index is 1.42. The monoisotopic (exact) mass is 502 g/mol. The summed E-state index contributed by atoms with van der Waals surface area (Å²) in [5.41, 5.74) is 2.80. The Morgan fingerprint density at radius 3 is 1.47 bits per heavy atom. The van der Waals surface area contributed by atoms with Crippen LogP contribution in [0.2, 0.25) is 0 Å². The number of allylic oxidation sites excluding steroid dienone is 4. The maximum atomic E-state index is 12.8. The van der Waals surface area contributed by atoms with E-state index in [-0.39, 0.29) is 5.78 Å². The van der Waals surface area contributed by atoms with Crippen LogP contribution in [0.4, 0.5) is 0 Å². The van der Waals surface area contributed by atoms with Gasteiger partial charge in [-0.2, -0.15) is 0 Å². The molecule has 1 heteroatoms. The Morgan fingerprint density at radius 1 is 0.605 bits per heavy atom. The van der Waals surface area contributed by atoms with Crippen LogP contribution in [0.3, 0.4) is 0 Å². The molecule has 0 N–H and O–H groups in total. The molecule has 0 heterocycles. The summed E-state index contributed by atoms with van der Waals surface area (Å²) in [7, 11) is 0. The van der Waals surface area contributed by atoms with Crippen molar-refractivity contribution in [1.29, 1.82) is 0 Å². The lowest BCUT2D eigenvalue weighted by Crippen LogP contribution is -2.00. The van der Waals surface area contributed by atoms with Crippen LogP contribution in [0.15, 0.2) is 109 Å². The van der Waals surface area contributed by atoms with Crippen LogP contribution >= 0.6 is 0 Å². The van der Waals surface area contributed by atoms with E-state index in [1.807, 2.05) is 0 Å². The third-order valence-corrected chi connectivity index (χ3v) is 7.74. The molecule has 0 bridgehead atoms. The molecule has 0 radical (unpaired) electrons. The highest BCUT2D eigenvalue weighted by atomic mass is 16.1. The first-order valence-corrected chi connectivity index (χ1v) is 14.5. The van der Waals surface area contributed by atoms with Gasteiger partial charge in [0.25, 0.3) is 0 Å². The molecule has 0 aliphatic heterocycles. The van der Waals surface area contributed by atoms with Gasteiger partial charge in [0, 0.05) is 0 Å². The molecular formula is C37H42O. The van der Waals surface area contributed by atoms with Gasteiger partial charge in [-0.1, -0.05) is 137 Å². The minimum absolute atomic E-state index is 0.0873. The number of ketones is 1. The highest BCUT2D eigenvalue weighted by Gasteiger charge is 2.14. The summed E-state index contributed by atoms with van der Waals surface area (Å²) in [5.74, 6) is 0.946. The van der Waals surface area contributed by atoms with Crippen molar-refractivity contribution < 1.29 is 4.79 Å². The number of fused-ring (bicyclic) bond motifs is 2. The summed E-state index contributed by atoms with van der Waals surface area (Å²) in [6, 6.07) is 30.5. The van der Waals surface area contributed by atoms with E-state index in [9.17, 15) is 4.79 Å². The Kier molecular flexibility index (Phi) is 10.5. The van der Waals surface area contributed by atoms with Gasteiger partial charge in [-0.3, -0.25) is 4.79 Å². The first-order valence-electron chi connectivity index (χ1n) is 14.5. The summed E-state index contributed by atoms with van der Waals surface area (Å²) in [4.78, 5) is 12.8. The molecule has 4 aromatic rings. The molecule has 4 aromatic carbocycles. The number of rotatable bonds is 14. The van der Waals surface area contributed by atoms with Crippen molar-refractivity contribution in [2.24, 2.45) is 0 Å². The number of hydrogen-bond acceptors (Lipinski definition) is 1. The quantitative estimate of drug-likeness (QED) is 0.157. The molecule has 0 saturated heterocycles. The van der Waals surface area contributed by atoms with Gasteiger partial charge in [0.05, 0.1) is 0 Å². The molecule has 1 nitrogen and oxygen atoms in total. The normalized spacial score (nSPS) is 13.5. The topological polar surface area (TPSA) is 17.1 Å². The van der Waals surface area contributed by atoms with Crippen LogP contribution in [0.5, 0.6) is 0 Å².